The number of nitrogens with zero attached hydrogens (tertiary/aromatic N) is 2. The Morgan fingerprint density at radius 3 is 3.00 bits per heavy atom. The third-order valence-electron chi connectivity index (χ3n) is 4.03. The van der Waals surface area contributed by atoms with Gasteiger partial charge in [0.2, 0.25) is 5.91 Å². The molecule has 1 aliphatic heterocycles. The van der Waals surface area contributed by atoms with Crippen molar-refractivity contribution in [3.63, 3.8) is 0 Å². The lowest BCUT2D eigenvalue weighted by atomic mass is 9.91. The predicted octanol–water partition coefficient (Wildman–Crippen LogP) is 0.953. The van der Waals surface area contributed by atoms with Crippen LogP contribution in [-0.4, -0.2) is 33.2 Å². The average Bonchev–Trinajstić information content (AvgIpc) is 3.16. The molecule has 0 aliphatic carbocycles. The molecule has 0 radical (unpaired) electrons. The molecule has 8 nitrogen and oxygen atoms in total. The van der Waals surface area contributed by atoms with Gasteiger partial charge in [0.15, 0.2) is 0 Å². The lowest BCUT2D eigenvalue weighted by molar-refractivity contribution is -0.129. The van der Waals surface area contributed by atoms with Gasteiger partial charge in [0, 0.05) is 26.0 Å². The van der Waals surface area contributed by atoms with Crippen LogP contribution in [0.2, 0.25) is 0 Å². The van der Waals surface area contributed by atoms with Gasteiger partial charge in [0.25, 0.3) is 5.91 Å². The Balaban J connectivity index is 1.76. The van der Waals surface area contributed by atoms with E-state index in [0.29, 0.717) is 12.3 Å². The van der Waals surface area contributed by atoms with Crippen molar-refractivity contribution < 1.29 is 14.3 Å². The zero-order valence-electron chi connectivity index (χ0n) is 12.8. The number of aryl methyl sites for hydroxylation is 1. The Hall–Kier alpha value is -2.61. The molecule has 0 saturated carbocycles. The number of amides is 2. The number of carbonyl (C=O) groups excluding carboxylic acids is 2. The van der Waals surface area contributed by atoms with E-state index in [2.05, 4.69) is 15.4 Å². The quantitative estimate of drug-likeness (QED) is 0.778. The van der Waals surface area contributed by atoms with Crippen LogP contribution in [0.4, 0.5) is 5.69 Å². The fourth-order valence-corrected chi connectivity index (χ4v) is 2.85. The Morgan fingerprint density at radius 2 is 2.35 bits per heavy atom. The third kappa shape index (κ3) is 3.11. The van der Waals surface area contributed by atoms with Crippen molar-refractivity contribution in [2.24, 2.45) is 18.7 Å². The molecule has 1 saturated heterocycles. The van der Waals surface area contributed by atoms with Gasteiger partial charge in [-0.3, -0.25) is 14.3 Å². The van der Waals surface area contributed by atoms with Crippen LogP contribution in [0.5, 0.6) is 0 Å². The normalized spacial score (nSPS) is 21.1. The molecule has 1 fully saturated rings. The smallest absolute Gasteiger partial charge is 0.265 e. The van der Waals surface area contributed by atoms with Crippen LogP contribution in [-0.2, 0) is 16.6 Å². The van der Waals surface area contributed by atoms with Gasteiger partial charge in [0.1, 0.15) is 11.8 Å². The number of aromatic amines is 1. The predicted molar refractivity (Wildman–Crippen MR) is 82.6 cm³/mol. The molecule has 2 amide bonds. The molecule has 4 N–H and O–H groups in total. The molecule has 3 rings (SSSR count). The molecule has 0 spiro atoms. The third-order valence-corrected chi connectivity index (χ3v) is 4.03. The first-order valence-corrected chi connectivity index (χ1v) is 7.45. The van der Waals surface area contributed by atoms with Crippen molar-refractivity contribution >= 4 is 17.5 Å². The van der Waals surface area contributed by atoms with Crippen LogP contribution in [0, 0.1) is 5.92 Å². The molecule has 23 heavy (non-hydrogen) atoms. The number of ether oxygens (including phenoxy) is 1. The zero-order chi connectivity index (χ0) is 16.4. The number of anilines is 1. The van der Waals surface area contributed by atoms with E-state index < -0.39 is 5.91 Å². The summed E-state index contributed by atoms with van der Waals surface area (Å²) in [4.78, 5) is 26.4. The average molecular weight is 317 g/mol. The number of hydrogen-bond donors (Lipinski definition) is 3. The Bertz CT molecular complexity index is 720. The van der Waals surface area contributed by atoms with Crippen molar-refractivity contribution in [2.75, 3.05) is 11.9 Å². The monoisotopic (exact) mass is 317 g/mol. The fraction of sp³-hybridized carbons (Fsp3) is 0.400. The molecule has 0 unspecified atom stereocenters. The lowest BCUT2D eigenvalue weighted by Gasteiger charge is -2.30. The van der Waals surface area contributed by atoms with E-state index in [4.69, 9.17) is 10.5 Å². The van der Waals surface area contributed by atoms with E-state index in [1.165, 1.54) is 6.07 Å². The fourth-order valence-electron chi connectivity index (χ4n) is 2.85. The second-order valence-corrected chi connectivity index (χ2v) is 5.58. The number of H-pyrrole nitrogens is 1. The highest BCUT2D eigenvalue weighted by atomic mass is 16.5. The largest absolute Gasteiger partial charge is 0.371 e. The van der Waals surface area contributed by atoms with Crippen LogP contribution in [0.3, 0.4) is 0 Å². The summed E-state index contributed by atoms with van der Waals surface area (Å²) in [6.07, 6.45) is 4.46. The minimum absolute atomic E-state index is 0.147. The SMILES string of the molecule is Cn1nccc1[C@@H]1OCCC[C@H]1C(=O)Nc1c[nH]c(C(N)=O)c1. The molecule has 8 heteroatoms. The van der Waals surface area contributed by atoms with Crippen molar-refractivity contribution in [1.82, 2.24) is 14.8 Å². The number of primary amides is 1. The summed E-state index contributed by atoms with van der Waals surface area (Å²) >= 11 is 0. The van der Waals surface area contributed by atoms with E-state index in [-0.39, 0.29) is 23.6 Å². The van der Waals surface area contributed by atoms with E-state index in [9.17, 15) is 9.59 Å². The van der Waals surface area contributed by atoms with Gasteiger partial charge in [-0.2, -0.15) is 5.10 Å². The van der Waals surface area contributed by atoms with Gasteiger partial charge in [-0.15, -0.1) is 0 Å². The van der Waals surface area contributed by atoms with E-state index in [1.54, 1.807) is 17.1 Å². The Labute approximate surface area is 133 Å². The standard InChI is InChI=1S/C15H19N5O3/c1-20-12(4-5-18-20)13-10(3-2-6-23-13)15(22)19-9-7-11(14(16)21)17-8-9/h4-5,7-8,10,13,17H,2-3,6H2,1H3,(H2,16,21)(H,19,22)/t10-,13-/m1/s1. The van der Waals surface area contributed by atoms with Crippen LogP contribution in [0.1, 0.15) is 35.1 Å². The maximum Gasteiger partial charge on any atom is 0.265 e. The van der Waals surface area contributed by atoms with E-state index in [1.807, 2.05) is 13.1 Å². The topological polar surface area (TPSA) is 115 Å². The highest BCUT2D eigenvalue weighted by Gasteiger charge is 2.34. The van der Waals surface area contributed by atoms with Gasteiger partial charge in [-0.1, -0.05) is 0 Å². The maximum atomic E-state index is 12.6. The summed E-state index contributed by atoms with van der Waals surface area (Å²) in [6.45, 7) is 0.621. The minimum Gasteiger partial charge on any atom is -0.371 e. The summed E-state index contributed by atoms with van der Waals surface area (Å²) in [5, 5.41) is 6.95. The van der Waals surface area contributed by atoms with Gasteiger partial charge in [0.05, 0.1) is 17.3 Å². The molecule has 3 heterocycles. The van der Waals surface area contributed by atoms with E-state index >= 15 is 0 Å². The van der Waals surface area contributed by atoms with Gasteiger partial charge in [-0.25, -0.2) is 0 Å². The molecular weight excluding hydrogens is 298 g/mol. The number of rotatable bonds is 4. The maximum absolute atomic E-state index is 12.6. The molecule has 1 aliphatic rings. The summed E-state index contributed by atoms with van der Waals surface area (Å²) in [5.41, 5.74) is 6.83. The van der Waals surface area contributed by atoms with Crippen LogP contribution < -0.4 is 11.1 Å². The van der Waals surface area contributed by atoms with Gasteiger partial charge in [-0.05, 0) is 25.0 Å². The van der Waals surface area contributed by atoms with Gasteiger partial charge >= 0.3 is 0 Å². The van der Waals surface area contributed by atoms with Crippen LogP contribution in [0.25, 0.3) is 0 Å². The number of nitrogens with one attached hydrogen (secondary N) is 2. The summed E-state index contributed by atoms with van der Waals surface area (Å²) in [6, 6.07) is 3.38. The molecule has 0 aromatic carbocycles. The summed E-state index contributed by atoms with van der Waals surface area (Å²) in [7, 11) is 1.83. The lowest BCUT2D eigenvalue weighted by Crippen LogP contribution is -2.34. The highest BCUT2D eigenvalue weighted by Crippen LogP contribution is 2.34. The number of carbonyl (C=O) groups is 2. The Morgan fingerprint density at radius 1 is 1.52 bits per heavy atom. The number of aromatic nitrogens is 3. The zero-order valence-corrected chi connectivity index (χ0v) is 12.8. The van der Waals surface area contributed by atoms with Crippen LogP contribution in [0.15, 0.2) is 24.5 Å². The molecular formula is C15H19N5O3. The second-order valence-electron chi connectivity index (χ2n) is 5.58. The van der Waals surface area contributed by atoms with E-state index in [0.717, 1.165) is 18.5 Å². The first kappa shape index (κ1) is 15.3. The Kier molecular flexibility index (Phi) is 4.16. The first-order chi connectivity index (χ1) is 11.1. The minimum atomic E-state index is -0.570. The van der Waals surface area contributed by atoms with Crippen molar-refractivity contribution in [2.45, 2.75) is 18.9 Å². The van der Waals surface area contributed by atoms with Crippen molar-refractivity contribution in [3.05, 3.63) is 35.9 Å². The molecule has 122 valence electrons. The molecule has 2 aromatic heterocycles. The number of nitrogens with two attached hydrogens (primary N) is 1. The van der Waals surface area contributed by atoms with Gasteiger partial charge < -0.3 is 20.8 Å². The molecule has 2 atom stereocenters. The van der Waals surface area contributed by atoms with Crippen LogP contribution >= 0.6 is 0 Å². The first-order valence-electron chi connectivity index (χ1n) is 7.45. The van der Waals surface area contributed by atoms with Crippen molar-refractivity contribution in [3.8, 4) is 0 Å². The van der Waals surface area contributed by atoms with Crippen molar-refractivity contribution in [1.29, 1.82) is 0 Å². The number of hydrogen-bond acceptors (Lipinski definition) is 4. The molecule has 2 aromatic rings. The second kappa shape index (κ2) is 6.25. The molecule has 0 bridgehead atoms. The summed E-state index contributed by atoms with van der Waals surface area (Å²) in [5.74, 6) is -1.03. The summed E-state index contributed by atoms with van der Waals surface area (Å²) < 4.78 is 7.53. The highest BCUT2D eigenvalue weighted by molar-refractivity contribution is 5.96.